The van der Waals surface area contributed by atoms with Crippen molar-refractivity contribution in [1.82, 2.24) is 99.3 Å². The Morgan fingerprint density at radius 2 is 0.798 bits per heavy atom. The first-order valence-electron chi connectivity index (χ1n) is 41.0. The maximum absolute atomic E-state index is 12.7. The van der Waals surface area contributed by atoms with Gasteiger partial charge in [0.25, 0.3) is 0 Å². The fraction of sp³-hybridized carbons (Fsp3) is 0.295. The number of hydrogen-bond donors (Lipinski definition) is 8. The molecule has 0 bridgehead atoms. The number of carbonyl (C=O) groups is 4. The van der Waals surface area contributed by atoms with Gasteiger partial charge in [0.2, 0.25) is 23.8 Å². The average molecular weight is 1750 g/mol. The molecule has 12 heterocycles. The standard InChI is InChI=1S/C25H22ClN7O.C22H24ClN7O.C21H22ClN7O.C20H22ClN7O/c26-18-6-8-19(9-7-18)32-15-21(29-16-32)25(11-12-25)31-23-27-13-10-22(30-23)33-20(14-28-24(33)34)17-4-2-1-3-5-17;1-15(18-12-29(14-26-18)17-6-4-16(23)5-7-17)27-20-24-11-8-19(28-20)30-21(31)25-13-22(30)9-2-3-10-22;1-13(17-11-28(12-25-17)16-6-4-15(22)5-7-16)26-20-23-9-8-19(27-20)29-18(14-2-3-14)10-24-21(29)30;1-13(16-10-27(12-24-16)15-6-4-14(21)5-7-15)25-18-22-9-8-17(26-18)28-19(29)23-11-20(28,2)3/h1-10,13,15-16,20H,11-12,14H2,(H,28,34)(H,27,30,31);4-8,11-12,14-15H,2-3,9-10,13H2,1H3,(H,25,31)(H,24,27,28);4-9,11-14,18H,2-3,10H2,1H3,(H,24,30)(H,23,26,27);4-10,12-13H,11H2,1-3H3,(H,23,29)(H,22,25,26)/t20-;15-;13-,18+;13-/m1000/s1. The first-order chi connectivity index (χ1) is 60.1. The summed E-state index contributed by atoms with van der Waals surface area (Å²) in [6.45, 7) is 12.4. The Balaban J connectivity index is 0.000000117. The Morgan fingerprint density at radius 1 is 0.403 bits per heavy atom. The van der Waals surface area contributed by atoms with Gasteiger partial charge >= 0.3 is 24.1 Å². The van der Waals surface area contributed by atoms with Gasteiger partial charge in [-0.05, 0) is 206 Å². The second kappa shape index (κ2) is 35.6. The number of hydrogen-bond acceptors (Lipinski definition) is 20. The van der Waals surface area contributed by atoms with Crippen LogP contribution >= 0.6 is 46.4 Å². The molecular formula is C88H90Cl4N28O4. The number of carbonyl (C=O) groups excluding carboxylic acids is 4. The summed E-state index contributed by atoms with van der Waals surface area (Å²) in [5.41, 5.74) is 7.63. The molecule has 5 aromatic carbocycles. The number of rotatable bonds is 22. The number of aromatic nitrogens is 16. The van der Waals surface area contributed by atoms with Gasteiger partial charge in [-0.3, -0.25) is 19.6 Å². The molecule has 4 saturated heterocycles. The van der Waals surface area contributed by atoms with Crippen LogP contribution in [0.5, 0.6) is 0 Å². The molecule has 634 valence electrons. The van der Waals surface area contributed by atoms with Crippen LogP contribution in [0.3, 0.4) is 0 Å². The molecule has 8 aromatic heterocycles. The van der Waals surface area contributed by atoms with Crippen molar-refractivity contribution < 1.29 is 19.2 Å². The molecule has 5 atom stereocenters. The van der Waals surface area contributed by atoms with E-state index in [1.54, 1.807) is 89.1 Å². The Labute approximate surface area is 735 Å². The van der Waals surface area contributed by atoms with E-state index in [9.17, 15) is 19.2 Å². The maximum Gasteiger partial charge on any atom is 0.323 e. The molecule has 8 amide bonds. The van der Waals surface area contributed by atoms with Crippen LogP contribution in [0, 0.1) is 5.92 Å². The van der Waals surface area contributed by atoms with Gasteiger partial charge in [-0.15, -0.1) is 0 Å². The molecular weight excluding hydrogens is 1650 g/mol. The van der Waals surface area contributed by atoms with Crippen molar-refractivity contribution in [1.29, 1.82) is 0 Å². The molecule has 1 spiro atoms. The lowest BCUT2D eigenvalue weighted by atomic mass is 9.97. The second-order valence-corrected chi connectivity index (χ2v) is 33.9. The van der Waals surface area contributed by atoms with Gasteiger partial charge in [0.05, 0.1) is 94.9 Å². The molecule has 0 radical (unpaired) electrons. The van der Waals surface area contributed by atoms with E-state index in [1.165, 1.54) is 12.8 Å². The van der Waals surface area contributed by atoms with Gasteiger partial charge in [-0.1, -0.05) is 89.6 Å². The molecule has 3 aliphatic carbocycles. The fourth-order valence-corrected chi connectivity index (χ4v) is 16.4. The summed E-state index contributed by atoms with van der Waals surface area (Å²) < 4.78 is 7.79. The molecule has 3 saturated carbocycles. The Hall–Kier alpha value is -13.3. The monoisotopic (exact) mass is 1740 g/mol. The topological polar surface area (TPSA) is 352 Å². The number of halogens is 4. The third-order valence-corrected chi connectivity index (χ3v) is 24.0. The largest absolute Gasteiger partial charge is 0.346 e. The van der Waals surface area contributed by atoms with Crippen LogP contribution in [0.25, 0.3) is 22.7 Å². The zero-order chi connectivity index (χ0) is 85.8. The number of nitrogens with zero attached hydrogens (tertiary/aromatic N) is 20. The number of nitrogens with one attached hydrogen (secondary N) is 8. The van der Waals surface area contributed by atoms with Crippen LogP contribution in [-0.2, 0) is 5.54 Å². The Kier molecular flexibility index (Phi) is 23.9. The number of imidazole rings is 4. The molecule has 7 aliphatic rings. The maximum atomic E-state index is 12.7. The van der Waals surface area contributed by atoms with Crippen molar-refractivity contribution in [2.45, 2.75) is 133 Å². The summed E-state index contributed by atoms with van der Waals surface area (Å²) >= 11 is 23.9. The summed E-state index contributed by atoms with van der Waals surface area (Å²) in [5.74, 6) is 4.78. The summed E-state index contributed by atoms with van der Waals surface area (Å²) in [7, 11) is 0. The predicted octanol–water partition coefficient (Wildman–Crippen LogP) is 16.6. The zero-order valence-electron chi connectivity index (χ0n) is 68.4. The molecule has 20 rings (SSSR count). The van der Waals surface area contributed by atoms with Gasteiger partial charge in [0, 0.05) is 119 Å². The average Bonchev–Trinajstić information content (AvgIpc) is 1.60. The smallest absolute Gasteiger partial charge is 0.323 e. The Bertz CT molecular complexity index is 5960. The number of benzene rings is 5. The highest BCUT2D eigenvalue weighted by Gasteiger charge is 2.50. The van der Waals surface area contributed by atoms with E-state index in [-0.39, 0.29) is 71.0 Å². The molecule has 0 unspecified atom stereocenters. The third kappa shape index (κ3) is 18.6. The lowest BCUT2D eigenvalue weighted by molar-refractivity contribution is 0.249. The minimum absolute atomic E-state index is 0.0821. The molecule has 36 heteroatoms. The lowest BCUT2D eigenvalue weighted by Crippen LogP contribution is -2.45. The molecule has 124 heavy (non-hydrogen) atoms. The van der Waals surface area contributed by atoms with E-state index in [0.717, 1.165) is 89.6 Å². The van der Waals surface area contributed by atoms with Crippen molar-refractivity contribution >= 4 is 118 Å². The first-order valence-corrected chi connectivity index (χ1v) is 42.5. The van der Waals surface area contributed by atoms with Crippen LogP contribution in [-0.4, -0.2) is 145 Å². The van der Waals surface area contributed by atoms with Crippen molar-refractivity contribution in [3.63, 3.8) is 0 Å². The second-order valence-electron chi connectivity index (χ2n) is 32.1. The zero-order valence-corrected chi connectivity index (χ0v) is 71.4. The van der Waals surface area contributed by atoms with Crippen molar-refractivity contribution in [3.05, 3.63) is 275 Å². The predicted molar refractivity (Wildman–Crippen MR) is 478 cm³/mol. The van der Waals surface area contributed by atoms with E-state index in [1.807, 2.05) is 210 Å². The quantitative estimate of drug-likeness (QED) is 0.0312. The van der Waals surface area contributed by atoms with Gasteiger partial charge < -0.3 is 60.8 Å². The van der Waals surface area contributed by atoms with Crippen LogP contribution < -0.4 is 62.1 Å². The minimum atomic E-state index is -0.355. The molecule has 7 fully saturated rings. The van der Waals surface area contributed by atoms with E-state index in [0.29, 0.717) is 99.3 Å². The number of anilines is 8. The van der Waals surface area contributed by atoms with Gasteiger partial charge in [0.15, 0.2) is 0 Å². The van der Waals surface area contributed by atoms with Crippen LogP contribution in [0.2, 0.25) is 20.1 Å². The summed E-state index contributed by atoms with van der Waals surface area (Å²) in [5, 5.41) is 27.8. The summed E-state index contributed by atoms with van der Waals surface area (Å²) in [6, 6.07) is 46.6. The van der Waals surface area contributed by atoms with Gasteiger partial charge in [-0.25, -0.2) is 59.0 Å². The highest BCUT2D eigenvalue weighted by molar-refractivity contribution is 6.31. The highest BCUT2D eigenvalue weighted by atomic mass is 35.5. The molecule has 4 aliphatic heterocycles. The highest BCUT2D eigenvalue weighted by Crippen LogP contribution is 2.48. The van der Waals surface area contributed by atoms with Crippen LogP contribution in [0.1, 0.15) is 138 Å². The third-order valence-electron chi connectivity index (χ3n) is 23.0. The van der Waals surface area contributed by atoms with Gasteiger partial charge in [0.1, 0.15) is 23.3 Å². The first kappa shape index (κ1) is 83.0. The minimum Gasteiger partial charge on any atom is -0.346 e. The molecule has 32 nitrogen and oxygen atoms in total. The number of amides is 8. The summed E-state index contributed by atoms with van der Waals surface area (Å²) in [4.78, 5) is 111. The normalized spacial score (nSPS) is 18.3. The van der Waals surface area contributed by atoms with E-state index >= 15 is 0 Å². The SMILES string of the molecule is C[C@H](Nc1nccc(N2C(=O)NCC2(C)C)n1)c1cn(-c2ccc(Cl)cc2)cn1.C[C@H](Nc1nccc(N2C(=O)NCC23CCCC3)n1)c1cn(-c2ccc(Cl)cc2)cn1.C[C@H](Nc1nccc(N2C(=O)NC[C@@H]2C2CC2)n1)c1cn(-c2ccc(Cl)cc2)cn1.O=C1NC[C@H](c2ccccc2)N1c1ccnc(NC2(c3cn(-c4ccc(Cl)cc4)cn3)CC2)n1. The van der Waals surface area contributed by atoms with E-state index in [2.05, 4.69) is 97.4 Å². The molecule has 13 aromatic rings. The van der Waals surface area contributed by atoms with Crippen molar-refractivity contribution in [2.24, 2.45) is 5.92 Å². The Morgan fingerprint density at radius 3 is 1.26 bits per heavy atom. The summed E-state index contributed by atoms with van der Waals surface area (Å²) in [6.07, 6.45) is 30.1. The van der Waals surface area contributed by atoms with Crippen molar-refractivity contribution in [2.75, 3.05) is 67.0 Å². The number of urea groups is 4. The van der Waals surface area contributed by atoms with E-state index in [4.69, 9.17) is 51.4 Å². The van der Waals surface area contributed by atoms with E-state index < -0.39 is 0 Å². The fourth-order valence-electron chi connectivity index (χ4n) is 15.9. The van der Waals surface area contributed by atoms with Crippen LogP contribution in [0.15, 0.2) is 227 Å². The lowest BCUT2D eigenvalue weighted by Gasteiger charge is -2.32. The molecule has 8 N–H and O–H groups in total. The van der Waals surface area contributed by atoms with Crippen molar-refractivity contribution in [3.8, 4) is 22.7 Å². The van der Waals surface area contributed by atoms with Crippen LogP contribution in [0.4, 0.5) is 66.2 Å². The van der Waals surface area contributed by atoms with Gasteiger partial charge in [-0.2, -0.15) is 19.9 Å².